The number of aromatic nitrogens is 1. The van der Waals surface area contributed by atoms with Crippen LogP contribution in [-0.2, 0) is 10.0 Å². The van der Waals surface area contributed by atoms with Gasteiger partial charge in [-0.05, 0) is 68.3 Å². The fourth-order valence-electron chi connectivity index (χ4n) is 2.11. The molecule has 4 nitrogen and oxygen atoms in total. The molecule has 0 saturated carbocycles. The van der Waals surface area contributed by atoms with E-state index in [0.29, 0.717) is 5.69 Å². The first-order valence-electron chi connectivity index (χ1n) is 6.11. The summed E-state index contributed by atoms with van der Waals surface area (Å²) in [5.74, 6) is -0.536. The number of hydrogen-bond acceptors (Lipinski definition) is 2. The minimum Gasteiger partial charge on any atom is -0.361 e. The molecule has 1 aromatic heterocycles. The molecule has 3 aromatic rings. The standard InChI is InChI=1S/C14H9Br2FN2O2S/c15-11-6-9(17)7-12(16)14(11)22(20,21)19-10-1-2-13-8(5-10)3-4-18-13/h1-7,18-19H. The lowest BCUT2D eigenvalue weighted by Gasteiger charge is -2.11. The Morgan fingerprint density at radius 2 is 1.73 bits per heavy atom. The molecule has 2 N–H and O–H groups in total. The van der Waals surface area contributed by atoms with Crippen molar-refractivity contribution in [3.8, 4) is 0 Å². The molecule has 22 heavy (non-hydrogen) atoms. The van der Waals surface area contributed by atoms with Gasteiger partial charge < -0.3 is 4.98 Å². The van der Waals surface area contributed by atoms with Crippen LogP contribution in [0, 0.1) is 5.82 Å². The summed E-state index contributed by atoms with van der Waals surface area (Å²) in [4.78, 5) is 2.98. The van der Waals surface area contributed by atoms with Crippen LogP contribution in [0.15, 0.2) is 56.4 Å². The molecule has 0 spiro atoms. The number of aromatic amines is 1. The van der Waals surface area contributed by atoms with Crippen molar-refractivity contribution in [2.24, 2.45) is 0 Å². The molecule has 114 valence electrons. The fraction of sp³-hybridized carbons (Fsp3) is 0. The Bertz CT molecular complexity index is 947. The predicted molar refractivity (Wildman–Crippen MR) is 90.9 cm³/mol. The van der Waals surface area contributed by atoms with Crippen LogP contribution in [0.5, 0.6) is 0 Å². The molecular weight excluding hydrogens is 439 g/mol. The highest BCUT2D eigenvalue weighted by atomic mass is 79.9. The van der Waals surface area contributed by atoms with Crippen LogP contribution in [0.25, 0.3) is 10.9 Å². The molecule has 0 atom stereocenters. The topological polar surface area (TPSA) is 62.0 Å². The first kappa shape index (κ1) is 15.5. The van der Waals surface area contributed by atoms with E-state index in [0.717, 1.165) is 23.0 Å². The van der Waals surface area contributed by atoms with Crippen LogP contribution >= 0.6 is 31.9 Å². The summed E-state index contributed by atoms with van der Waals surface area (Å²) in [6.45, 7) is 0. The third-order valence-electron chi connectivity index (χ3n) is 3.04. The summed E-state index contributed by atoms with van der Waals surface area (Å²) in [5.41, 5.74) is 1.34. The van der Waals surface area contributed by atoms with E-state index in [9.17, 15) is 12.8 Å². The van der Waals surface area contributed by atoms with E-state index in [4.69, 9.17) is 0 Å². The third kappa shape index (κ3) is 2.90. The van der Waals surface area contributed by atoms with Crippen LogP contribution in [0.4, 0.5) is 10.1 Å². The molecule has 1 heterocycles. The zero-order valence-corrected chi connectivity index (χ0v) is 14.9. The first-order chi connectivity index (χ1) is 10.4. The Balaban J connectivity index is 2.03. The summed E-state index contributed by atoms with van der Waals surface area (Å²) in [5, 5.41) is 0.887. The number of nitrogens with one attached hydrogen (secondary N) is 2. The molecule has 0 amide bonds. The van der Waals surface area contributed by atoms with Gasteiger partial charge in [-0.15, -0.1) is 0 Å². The average molecular weight is 448 g/mol. The number of H-pyrrole nitrogens is 1. The molecule has 0 aliphatic carbocycles. The van der Waals surface area contributed by atoms with Crippen LogP contribution in [0.1, 0.15) is 0 Å². The Morgan fingerprint density at radius 3 is 2.41 bits per heavy atom. The van der Waals surface area contributed by atoms with E-state index in [1.54, 1.807) is 24.4 Å². The summed E-state index contributed by atoms with van der Waals surface area (Å²) in [7, 11) is -3.86. The second kappa shape index (κ2) is 5.68. The number of rotatable bonds is 3. The summed E-state index contributed by atoms with van der Waals surface area (Å²) >= 11 is 6.17. The fourth-order valence-corrected chi connectivity index (χ4v) is 5.69. The van der Waals surface area contributed by atoms with Crippen molar-refractivity contribution in [1.82, 2.24) is 4.98 Å². The van der Waals surface area contributed by atoms with Gasteiger partial charge in [0.25, 0.3) is 10.0 Å². The zero-order valence-electron chi connectivity index (χ0n) is 10.9. The maximum absolute atomic E-state index is 13.3. The maximum atomic E-state index is 13.3. The van der Waals surface area contributed by atoms with E-state index in [1.807, 2.05) is 6.07 Å². The normalized spacial score (nSPS) is 11.8. The second-order valence-electron chi connectivity index (χ2n) is 4.58. The van der Waals surface area contributed by atoms with E-state index in [-0.39, 0.29) is 13.8 Å². The molecule has 0 aliphatic rings. The molecule has 0 bridgehead atoms. The van der Waals surface area contributed by atoms with Crippen molar-refractivity contribution in [2.45, 2.75) is 4.90 Å². The monoisotopic (exact) mass is 446 g/mol. The van der Waals surface area contributed by atoms with Gasteiger partial charge in [-0.3, -0.25) is 4.72 Å². The van der Waals surface area contributed by atoms with Crippen molar-refractivity contribution < 1.29 is 12.8 Å². The van der Waals surface area contributed by atoms with E-state index in [1.165, 1.54) is 0 Å². The summed E-state index contributed by atoms with van der Waals surface area (Å²) in [6.07, 6.45) is 1.77. The Hall–Kier alpha value is -1.38. The Morgan fingerprint density at radius 1 is 1.05 bits per heavy atom. The van der Waals surface area contributed by atoms with Crippen molar-refractivity contribution in [1.29, 1.82) is 0 Å². The lowest BCUT2D eigenvalue weighted by molar-refractivity contribution is 0.598. The first-order valence-corrected chi connectivity index (χ1v) is 9.18. The molecular formula is C14H9Br2FN2O2S. The Kier molecular flexibility index (Phi) is 4.00. The van der Waals surface area contributed by atoms with Crippen molar-refractivity contribution >= 4 is 58.5 Å². The summed E-state index contributed by atoms with van der Waals surface area (Å²) < 4.78 is 41.1. The van der Waals surface area contributed by atoms with E-state index >= 15 is 0 Å². The maximum Gasteiger partial charge on any atom is 0.264 e. The third-order valence-corrected chi connectivity index (χ3v) is 6.29. The van der Waals surface area contributed by atoms with Crippen LogP contribution < -0.4 is 4.72 Å². The van der Waals surface area contributed by atoms with Crippen LogP contribution in [-0.4, -0.2) is 13.4 Å². The van der Waals surface area contributed by atoms with Gasteiger partial charge >= 0.3 is 0 Å². The second-order valence-corrected chi connectivity index (χ2v) is 7.91. The van der Waals surface area contributed by atoms with Gasteiger partial charge in [-0.1, -0.05) is 0 Å². The molecule has 3 rings (SSSR count). The van der Waals surface area contributed by atoms with Crippen molar-refractivity contribution in [3.63, 3.8) is 0 Å². The summed E-state index contributed by atoms with van der Waals surface area (Å²) in [6, 6.07) is 9.21. The van der Waals surface area contributed by atoms with Crippen molar-refractivity contribution in [2.75, 3.05) is 4.72 Å². The van der Waals surface area contributed by atoms with Crippen LogP contribution in [0.3, 0.4) is 0 Å². The molecule has 0 unspecified atom stereocenters. The highest BCUT2D eigenvalue weighted by Crippen LogP contribution is 2.32. The molecule has 0 saturated heterocycles. The van der Waals surface area contributed by atoms with Crippen LogP contribution in [0.2, 0.25) is 0 Å². The molecule has 0 fully saturated rings. The largest absolute Gasteiger partial charge is 0.361 e. The number of hydrogen-bond donors (Lipinski definition) is 2. The minimum absolute atomic E-state index is 0.0527. The van der Waals surface area contributed by atoms with E-state index in [2.05, 4.69) is 41.6 Å². The number of anilines is 1. The number of sulfonamides is 1. The Labute approximate surface area is 143 Å². The van der Waals surface area contributed by atoms with Gasteiger partial charge in [-0.2, -0.15) is 0 Å². The predicted octanol–water partition coefficient (Wildman–Crippen LogP) is 4.63. The number of benzene rings is 2. The van der Waals surface area contributed by atoms with Gasteiger partial charge in [0.05, 0.1) is 0 Å². The number of halogens is 3. The van der Waals surface area contributed by atoms with Gasteiger partial charge in [0.1, 0.15) is 10.7 Å². The van der Waals surface area contributed by atoms with Gasteiger partial charge in [0, 0.05) is 31.7 Å². The minimum atomic E-state index is -3.86. The van der Waals surface area contributed by atoms with Gasteiger partial charge in [-0.25, -0.2) is 12.8 Å². The highest BCUT2D eigenvalue weighted by molar-refractivity contribution is 9.11. The average Bonchev–Trinajstić information content (AvgIpc) is 2.83. The lowest BCUT2D eigenvalue weighted by Crippen LogP contribution is -2.14. The molecule has 0 radical (unpaired) electrons. The van der Waals surface area contributed by atoms with Crippen molar-refractivity contribution in [3.05, 3.63) is 57.4 Å². The zero-order chi connectivity index (χ0) is 15.9. The molecule has 0 aliphatic heterocycles. The van der Waals surface area contributed by atoms with Gasteiger partial charge in [0.15, 0.2) is 0 Å². The number of fused-ring (bicyclic) bond motifs is 1. The molecule has 2 aromatic carbocycles. The quantitative estimate of drug-likeness (QED) is 0.614. The van der Waals surface area contributed by atoms with Gasteiger partial charge in [0.2, 0.25) is 0 Å². The molecule has 8 heteroatoms. The lowest BCUT2D eigenvalue weighted by atomic mass is 10.2. The van der Waals surface area contributed by atoms with E-state index < -0.39 is 15.8 Å². The highest BCUT2D eigenvalue weighted by Gasteiger charge is 2.22. The smallest absolute Gasteiger partial charge is 0.264 e. The SMILES string of the molecule is O=S(=O)(Nc1ccc2[nH]ccc2c1)c1c(Br)cc(F)cc1Br.